The fraction of sp³-hybridized carbons (Fsp3) is 0.333. The Morgan fingerprint density at radius 3 is 1.17 bits per heavy atom. The number of hydrogen-bond acceptors (Lipinski definition) is 17. The lowest BCUT2D eigenvalue weighted by atomic mass is 9.85. The first-order valence-electron chi connectivity index (χ1n) is 35.2. The van der Waals surface area contributed by atoms with E-state index in [0.717, 1.165) is 54.6 Å². The molecule has 16 N–H and O–H groups in total. The first-order valence-corrected chi connectivity index (χ1v) is 35.2. The van der Waals surface area contributed by atoms with Gasteiger partial charge in [-0.25, -0.2) is 41.9 Å². The highest BCUT2D eigenvalue weighted by molar-refractivity contribution is 5.95. The Bertz CT molecular complexity index is 5360. The van der Waals surface area contributed by atoms with Crippen molar-refractivity contribution in [2.45, 2.75) is 183 Å². The molecule has 0 unspecified atom stereocenters. The van der Waals surface area contributed by atoms with Crippen LogP contribution in [0.25, 0.3) is 75.9 Å². The van der Waals surface area contributed by atoms with Crippen molar-refractivity contribution < 1.29 is 22.0 Å². The number of nitrogens with zero attached hydrogens (tertiary/aromatic N) is 10. The quantitative estimate of drug-likeness (QED) is 0.0637. The zero-order valence-corrected chi connectivity index (χ0v) is 65.7. The molecule has 568 valence electrons. The minimum Gasteiger partial charge on any atom is -0.383 e. The number of pyridine rings is 2. The fourth-order valence-electron chi connectivity index (χ4n) is 11.6. The highest BCUT2D eigenvalue weighted by Crippen LogP contribution is 2.36. The van der Waals surface area contributed by atoms with Crippen LogP contribution in [-0.4, -0.2) is 60.5 Å². The average molecular weight is 1470 g/mol. The number of nitrogens with two attached hydrogens (primary N) is 7. The maximum absolute atomic E-state index is 13.9. The van der Waals surface area contributed by atoms with Gasteiger partial charge in [-0.2, -0.15) is 15.3 Å². The molecule has 0 aliphatic carbocycles. The minimum absolute atomic E-state index is 0.0763. The summed E-state index contributed by atoms with van der Waals surface area (Å²) < 4.78 is 69.3. The number of nitrogens with one attached hydrogen (secondary N) is 2. The van der Waals surface area contributed by atoms with E-state index in [1.807, 2.05) is 119 Å². The van der Waals surface area contributed by atoms with Crippen LogP contribution in [0.1, 0.15) is 184 Å². The van der Waals surface area contributed by atoms with Crippen molar-refractivity contribution in [1.29, 1.82) is 0 Å². The third-order valence-corrected chi connectivity index (χ3v) is 17.9. The van der Waals surface area contributed by atoms with E-state index in [-0.39, 0.29) is 84.4 Å². The lowest BCUT2D eigenvalue weighted by Gasteiger charge is -2.20. The monoisotopic (exact) mass is 1470 g/mol. The summed E-state index contributed by atoms with van der Waals surface area (Å²) in [6, 6.07) is 32.7. The Kier molecular flexibility index (Phi) is 24.0. The van der Waals surface area contributed by atoms with Gasteiger partial charge in [0.15, 0.2) is 29.4 Å². The molecule has 24 heteroatoms. The molecular weight excluding hydrogens is 1370 g/mol. The molecule has 0 saturated carbocycles. The number of fused-ring (bicyclic) bond motifs is 7. The van der Waals surface area contributed by atoms with E-state index in [4.69, 9.17) is 40.1 Å². The number of halogens is 5. The molecule has 0 atom stereocenters. The van der Waals surface area contributed by atoms with Crippen LogP contribution >= 0.6 is 0 Å². The highest BCUT2D eigenvalue weighted by Gasteiger charge is 2.25. The van der Waals surface area contributed by atoms with Crippen LogP contribution in [0.4, 0.5) is 62.9 Å². The van der Waals surface area contributed by atoms with Crippen LogP contribution < -0.4 is 40.1 Å². The molecule has 14 rings (SSSR count). The zero-order chi connectivity index (χ0) is 80.3. The number of nitrogen functional groups attached to an aromatic ring is 7. The summed E-state index contributed by atoms with van der Waals surface area (Å²) in [6.45, 7) is 43.2. The second-order valence-electron chi connectivity index (χ2n) is 33.9. The second-order valence-corrected chi connectivity index (χ2v) is 33.9. The van der Waals surface area contributed by atoms with Crippen molar-refractivity contribution in [3.05, 3.63) is 208 Å². The first-order chi connectivity index (χ1) is 49.9. The molecule has 0 aliphatic rings. The molecule has 108 heavy (non-hydrogen) atoms. The molecule has 7 aromatic heterocycles. The SMILES string of the molecule is CC(C)(C)c1cc(F)c2c(N)nccc2c1.CC(C)(C)c1cc(F)c2c(N)nncc2c1.CC(C)(C)c1cc2[nH]c(N)nc2cc1F.CC(C)(C)c1cc2ccnc(N)c2cc1F.CC(C)(C)c1cc2cnnc(N)c2cc1F.CC(C)(C)c1ccc2c(N)nncc2c1.CC(C)(C)c1ccc2nc(N)[nH]c2c1. The normalized spacial score (nSPS) is 12.1. The molecule has 14 aromatic rings. The highest BCUT2D eigenvalue weighted by atomic mass is 19.1. The number of aromatic amines is 2. The summed E-state index contributed by atoms with van der Waals surface area (Å²) >= 11 is 0. The van der Waals surface area contributed by atoms with E-state index in [1.165, 1.54) is 41.6 Å². The summed E-state index contributed by atoms with van der Waals surface area (Å²) in [4.78, 5) is 21.9. The number of aromatic nitrogens is 12. The predicted octanol–water partition coefficient (Wildman–Crippen LogP) is 19.3. The van der Waals surface area contributed by atoms with E-state index in [1.54, 1.807) is 49.1 Å². The minimum atomic E-state index is -0.338. The van der Waals surface area contributed by atoms with Gasteiger partial charge in [-0.1, -0.05) is 170 Å². The van der Waals surface area contributed by atoms with Crippen molar-refractivity contribution in [3.8, 4) is 0 Å². The number of hydrogen-bond donors (Lipinski definition) is 9. The number of imidazole rings is 2. The fourth-order valence-corrected chi connectivity index (χ4v) is 11.6. The van der Waals surface area contributed by atoms with Gasteiger partial charge in [-0.15, -0.1) is 15.3 Å². The summed E-state index contributed by atoms with van der Waals surface area (Å²) in [5.41, 5.74) is 48.7. The summed E-state index contributed by atoms with van der Waals surface area (Å²) in [6.07, 6.45) is 8.12. The van der Waals surface area contributed by atoms with Crippen molar-refractivity contribution >= 4 is 117 Å². The van der Waals surface area contributed by atoms with Gasteiger partial charge in [0.2, 0.25) is 0 Å². The number of rotatable bonds is 0. The number of benzene rings is 7. The van der Waals surface area contributed by atoms with Gasteiger partial charge < -0.3 is 50.1 Å². The van der Waals surface area contributed by atoms with Crippen LogP contribution in [0.2, 0.25) is 0 Å². The van der Waals surface area contributed by atoms with Gasteiger partial charge >= 0.3 is 0 Å². The molecule has 0 radical (unpaired) electrons. The topological polar surface area (TPSA) is 343 Å². The van der Waals surface area contributed by atoms with Gasteiger partial charge in [-0.05, 0) is 166 Å². The van der Waals surface area contributed by atoms with Crippen LogP contribution in [0.15, 0.2) is 140 Å². The Morgan fingerprint density at radius 2 is 0.657 bits per heavy atom. The van der Waals surface area contributed by atoms with Gasteiger partial charge in [0.25, 0.3) is 0 Å². The van der Waals surface area contributed by atoms with Gasteiger partial charge in [0, 0.05) is 50.8 Å². The first kappa shape index (κ1) is 82.2. The van der Waals surface area contributed by atoms with Crippen LogP contribution in [-0.2, 0) is 37.9 Å². The van der Waals surface area contributed by atoms with Crippen molar-refractivity contribution in [2.24, 2.45) is 0 Å². The third-order valence-electron chi connectivity index (χ3n) is 17.9. The van der Waals surface area contributed by atoms with Crippen LogP contribution in [0, 0.1) is 29.1 Å². The Balaban J connectivity index is 0.000000159. The Morgan fingerprint density at radius 1 is 0.287 bits per heavy atom. The summed E-state index contributed by atoms with van der Waals surface area (Å²) in [5.74, 6) is 0.956. The molecular formula is C84H102F5N19. The van der Waals surface area contributed by atoms with Crippen LogP contribution in [0.5, 0.6) is 0 Å². The van der Waals surface area contributed by atoms with Gasteiger partial charge in [0.1, 0.15) is 40.7 Å². The largest absolute Gasteiger partial charge is 0.383 e. The molecule has 0 aliphatic heterocycles. The number of anilines is 7. The predicted molar refractivity (Wildman–Crippen MR) is 436 cm³/mol. The molecule has 19 nitrogen and oxygen atoms in total. The second kappa shape index (κ2) is 31.6. The third kappa shape index (κ3) is 20.2. The Hall–Kier alpha value is -11.4. The average Bonchev–Trinajstić information content (AvgIpc) is 0.929. The molecule has 0 saturated heterocycles. The summed E-state index contributed by atoms with van der Waals surface area (Å²) in [7, 11) is 0. The van der Waals surface area contributed by atoms with E-state index in [0.29, 0.717) is 72.7 Å². The maximum Gasteiger partial charge on any atom is 0.198 e. The van der Waals surface area contributed by atoms with E-state index >= 15 is 0 Å². The van der Waals surface area contributed by atoms with E-state index in [9.17, 15) is 22.0 Å². The van der Waals surface area contributed by atoms with Gasteiger partial charge in [0.05, 0.1) is 51.4 Å². The molecule has 0 spiro atoms. The van der Waals surface area contributed by atoms with Crippen molar-refractivity contribution in [1.82, 2.24) is 60.5 Å². The molecule has 0 fully saturated rings. The molecule has 7 heterocycles. The number of H-pyrrole nitrogens is 2. The lowest BCUT2D eigenvalue weighted by molar-refractivity contribution is 0.524. The van der Waals surface area contributed by atoms with Crippen LogP contribution in [0.3, 0.4) is 0 Å². The molecule has 0 amide bonds. The van der Waals surface area contributed by atoms with Crippen molar-refractivity contribution in [2.75, 3.05) is 40.1 Å². The van der Waals surface area contributed by atoms with E-state index < -0.39 is 0 Å². The lowest BCUT2D eigenvalue weighted by Crippen LogP contribution is -2.13. The maximum atomic E-state index is 13.9. The molecule has 0 bridgehead atoms. The van der Waals surface area contributed by atoms with Crippen molar-refractivity contribution in [3.63, 3.8) is 0 Å². The van der Waals surface area contributed by atoms with Gasteiger partial charge in [-0.3, -0.25) is 0 Å². The standard InChI is InChI=1S/2C13H15FN2.2C12H14FN3.C12H15N3.C11H14FN3.C11H15N3/c1-13(2,3)10-6-8-4-5-16-12(15)9(8)7-11(10)14;1-13(2,3)9-6-8-4-5-16-12(15)11(8)10(14)7-9;1-12(2,3)9-4-7-6-15-16-11(14)8(7)5-10(9)13;1-12(2,3)8-4-7-6-15-16-11(14)10(7)9(13)5-8;1-12(2,3)9-4-5-10-8(6-9)7-14-15-11(10)13;1-11(2,3)6-4-8-9(5-7(6)12)15-10(13)14-8;1-11(2,3)7-4-5-8-9(6-7)14-10(12)13-8/h2*4-7H,1-3H3,(H2,15,16);2*4-6H,1-3H3,(H2,14,16);4-7H,1-3H3,(H2,13,15);4-5H,1-3H3,(H3,13,14,15);4-6H,1-3H3,(H3,12,13,14). The zero-order valence-electron chi connectivity index (χ0n) is 65.7. The molecule has 7 aromatic carbocycles. The van der Waals surface area contributed by atoms with E-state index in [2.05, 4.69) is 147 Å². The summed E-state index contributed by atoms with van der Waals surface area (Å²) in [5, 5.41) is 29.9. The Labute approximate surface area is 628 Å². The smallest absolute Gasteiger partial charge is 0.198 e.